The van der Waals surface area contributed by atoms with Crippen molar-refractivity contribution < 1.29 is 23.0 Å². The third kappa shape index (κ3) is 7.26. The second-order valence-electron chi connectivity index (χ2n) is 9.72. The molecule has 41 heavy (non-hydrogen) atoms. The smallest absolute Gasteiger partial charge is 0.323 e. The molecule has 0 aliphatic carbocycles. The van der Waals surface area contributed by atoms with Crippen LogP contribution in [0.3, 0.4) is 0 Å². The van der Waals surface area contributed by atoms with Crippen molar-refractivity contribution in [3.05, 3.63) is 84.1 Å². The SMILES string of the molecule is N#Cc1cc2c(Oc3ccc(NC(=O)Nc4ccc(F)cc4)c(F)c3)ccnc2cc1OCCCN1CCCCC1. The zero-order chi connectivity index (χ0) is 28.6. The molecule has 1 fully saturated rings. The van der Waals surface area contributed by atoms with Gasteiger partial charge in [-0.25, -0.2) is 13.6 Å². The van der Waals surface area contributed by atoms with Gasteiger partial charge in [0.1, 0.15) is 35.0 Å². The number of likely N-dealkylation sites (tertiary alicyclic amines) is 1. The summed E-state index contributed by atoms with van der Waals surface area (Å²) in [7, 11) is 0. The maximum absolute atomic E-state index is 14.8. The van der Waals surface area contributed by atoms with Gasteiger partial charge in [0.2, 0.25) is 0 Å². The van der Waals surface area contributed by atoms with Crippen LogP contribution in [0, 0.1) is 23.0 Å². The lowest BCUT2D eigenvalue weighted by Gasteiger charge is -2.26. The number of benzene rings is 3. The summed E-state index contributed by atoms with van der Waals surface area (Å²) in [4.78, 5) is 19.1. The van der Waals surface area contributed by atoms with Crippen molar-refractivity contribution >= 4 is 28.3 Å². The van der Waals surface area contributed by atoms with Gasteiger partial charge in [-0.3, -0.25) is 4.98 Å². The number of nitriles is 1. The normalized spacial score (nSPS) is 13.4. The van der Waals surface area contributed by atoms with E-state index in [4.69, 9.17) is 9.47 Å². The molecule has 8 nitrogen and oxygen atoms in total. The van der Waals surface area contributed by atoms with E-state index in [1.807, 2.05) is 0 Å². The zero-order valence-electron chi connectivity index (χ0n) is 22.3. The molecular weight excluding hydrogens is 528 g/mol. The van der Waals surface area contributed by atoms with Gasteiger partial charge in [-0.15, -0.1) is 0 Å². The van der Waals surface area contributed by atoms with Crippen LogP contribution in [0.15, 0.2) is 66.9 Å². The van der Waals surface area contributed by atoms with Gasteiger partial charge in [-0.2, -0.15) is 5.26 Å². The molecule has 0 unspecified atom stereocenters. The van der Waals surface area contributed by atoms with Crippen LogP contribution >= 0.6 is 0 Å². The van der Waals surface area contributed by atoms with Crippen molar-refractivity contribution in [1.82, 2.24) is 9.88 Å². The number of aromatic nitrogens is 1. The maximum atomic E-state index is 14.8. The molecule has 0 bridgehead atoms. The molecule has 2 heterocycles. The van der Waals surface area contributed by atoms with Crippen LogP contribution in [0.25, 0.3) is 10.9 Å². The number of ether oxygens (including phenoxy) is 2. The molecule has 1 aliphatic rings. The molecule has 2 N–H and O–H groups in total. The Hall–Kier alpha value is -4.75. The fourth-order valence-electron chi connectivity index (χ4n) is 4.70. The Morgan fingerprint density at radius 1 is 0.976 bits per heavy atom. The van der Waals surface area contributed by atoms with Gasteiger partial charge < -0.3 is 25.0 Å². The first-order chi connectivity index (χ1) is 20.0. The third-order valence-electron chi connectivity index (χ3n) is 6.77. The molecule has 1 saturated heterocycles. The number of nitrogens with zero attached hydrogens (tertiary/aromatic N) is 3. The van der Waals surface area contributed by atoms with Gasteiger partial charge in [-0.1, -0.05) is 6.42 Å². The summed E-state index contributed by atoms with van der Waals surface area (Å²) >= 11 is 0. The third-order valence-corrected chi connectivity index (χ3v) is 6.77. The van der Waals surface area contributed by atoms with Crippen molar-refractivity contribution in [2.45, 2.75) is 25.7 Å². The van der Waals surface area contributed by atoms with E-state index in [0.717, 1.165) is 32.1 Å². The lowest BCUT2D eigenvalue weighted by Crippen LogP contribution is -2.31. The summed E-state index contributed by atoms with van der Waals surface area (Å²) in [5.74, 6) is -0.110. The van der Waals surface area contributed by atoms with Gasteiger partial charge in [0.15, 0.2) is 0 Å². The molecular formula is C31H29F2N5O3. The van der Waals surface area contributed by atoms with E-state index in [1.54, 1.807) is 24.4 Å². The summed E-state index contributed by atoms with van der Waals surface area (Å²) in [5.41, 5.74) is 1.22. The summed E-state index contributed by atoms with van der Waals surface area (Å²) in [6.45, 7) is 3.72. The van der Waals surface area contributed by atoms with Gasteiger partial charge in [0, 0.05) is 35.9 Å². The minimum Gasteiger partial charge on any atom is -0.492 e. The van der Waals surface area contributed by atoms with Crippen LogP contribution in [0.5, 0.6) is 17.2 Å². The molecule has 4 aromatic rings. The van der Waals surface area contributed by atoms with Crippen LogP contribution in [-0.4, -0.2) is 42.2 Å². The van der Waals surface area contributed by atoms with Crippen LogP contribution < -0.4 is 20.1 Å². The molecule has 2 amide bonds. The molecule has 0 spiro atoms. The zero-order valence-corrected chi connectivity index (χ0v) is 22.3. The fraction of sp³-hybridized carbons (Fsp3) is 0.258. The van der Waals surface area contributed by atoms with E-state index in [0.29, 0.717) is 40.3 Å². The number of nitrogens with one attached hydrogen (secondary N) is 2. The standard InChI is InChI=1S/C31H29F2N5O3/c32-22-5-7-23(8-6-22)36-31(39)37-27-10-9-24(18-26(27)33)41-29-11-12-35-28-19-30(21(20-34)17-25(28)29)40-16-4-15-38-13-2-1-3-14-38/h5-12,17-19H,1-4,13-16H2,(H2,36,37,39). The van der Waals surface area contributed by atoms with E-state index in [1.165, 1.54) is 55.7 Å². The number of fused-ring (bicyclic) bond motifs is 1. The van der Waals surface area contributed by atoms with Gasteiger partial charge >= 0.3 is 6.03 Å². The Bertz CT molecular complexity index is 1570. The molecule has 0 radical (unpaired) electrons. The van der Waals surface area contributed by atoms with Crippen LogP contribution in [0.2, 0.25) is 0 Å². The summed E-state index contributed by atoms with van der Waals surface area (Å²) in [6.07, 6.45) is 6.21. The van der Waals surface area contributed by atoms with Crippen molar-refractivity contribution in [2.24, 2.45) is 0 Å². The lowest BCUT2D eigenvalue weighted by atomic mass is 10.1. The van der Waals surface area contributed by atoms with E-state index in [2.05, 4.69) is 26.6 Å². The van der Waals surface area contributed by atoms with E-state index in [-0.39, 0.29) is 11.4 Å². The second-order valence-corrected chi connectivity index (χ2v) is 9.72. The molecule has 1 aromatic heterocycles. The highest BCUT2D eigenvalue weighted by Gasteiger charge is 2.14. The molecule has 210 valence electrons. The minimum atomic E-state index is -0.715. The number of rotatable bonds is 9. The maximum Gasteiger partial charge on any atom is 0.323 e. The van der Waals surface area contributed by atoms with E-state index in [9.17, 15) is 18.8 Å². The average Bonchev–Trinajstić information content (AvgIpc) is 2.98. The monoisotopic (exact) mass is 557 g/mol. The van der Waals surface area contributed by atoms with Gasteiger partial charge in [0.25, 0.3) is 0 Å². The summed E-state index contributed by atoms with van der Waals surface area (Å²) in [6, 6.07) is 15.7. The predicted octanol–water partition coefficient (Wildman–Crippen LogP) is 7.08. The van der Waals surface area contributed by atoms with Crippen LogP contribution in [0.1, 0.15) is 31.2 Å². The number of halogens is 2. The van der Waals surface area contributed by atoms with Crippen molar-refractivity contribution in [1.29, 1.82) is 5.26 Å². The molecule has 5 rings (SSSR count). The first kappa shape index (κ1) is 27.8. The number of amides is 2. The largest absolute Gasteiger partial charge is 0.492 e. The number of anilines is 2. The van der Waals surface area contributed by atoms with Crippen molar-refractivity contribution in [2.75, 3.05) is 36.9 Å². The molecule has 0 saturated carbocycles. The highest BCUT2D eigenvalue weighted by molar-refractivity contribution is 5.99. The van der Waals surface area contributed by atoms with Crippen molar-refractivity contribution in [3.8, 4) is 23.3 Å². The number of carbonyl (C=O) groups is 1. The second kappa shape index (κ2) is 13.1. The molecule has 3 aromatic carbocycles. The van der Waals surface area contributed by atoms with Crippen LogP contribution in [0.4, 0.5) is 25.0 Å². The predicted molar refractivity (Wildman–Crippen MR) is 152 cm³/mol. The molecule has 0 atom stereocenters. The topological polar surface area (TPSA) is 99.5 Å². The van der Waals surface area contributed by atoms with E-state index >= 15 is 0 Å². The quantitative estimate of drug-likeness (QED) is 0.214. The number of pyridine rings is 1. The highest BCUT2D eigenvalue weighted by atomic mass is 19.1. The highest BCUT2D eigenvalue weighted by Crippen LogP contribution is 2.34. The number of piperidine rings is 1. The minimum absolute atomic E-state index is 0.0645. The fourth-order valence-corrected chi connectivity index (χ4v) is 4.70. The Morgan fingerprint density at radius 3 is 2.54 bits per heavy atom. The Balaban J connectivity index is 1.24. The number of hydrogen-bond donors (Lipinski definition) is 2. The number of hydrogen-bond acceptors (Lipinski definition) is 6. The Morgan fingerprint density at radius 2 is 1.78 bits per heavy atom. The Kier molecular flexibility index (Phi) is 8.86. The summed E-state index contributed by atoms with van der Waals surface area (Å²) < 4.78 is 39.8. The Labute approximate surface area is 236 Å². The summed E-state index contributed by atoms with van der Waals surface area (Å²) in [5, 5.41) is 15.3. The molecule has 10 heteroatoms. The average molecular weight is 558 g/mol. The van der Waals surface area contributed by atoms with Crippen molar-refractivity contribution in [3.63, 3.8) is 0 Å². The van der Waals surface area contributed by atoms with E-state index < -0.39 is 17.7 Å². The lowest BCUT2D eigenvalue weighted by molar-refractivity contribution is 0.205. The number of urea groups is 1. The first-order valence-corrected chi connectivity index (χ1v) is 13.5. The first-order valence-electron chi connectivity index (χ1n) is 13.5. The molecule has 1 aliphatic heterocycles. The van der Waals surface area contributed by atoms with Crippen LogP contribution in [-0.2, 0) is 0 Å². The van der Waals surface area contributed by atoms with Gasteiger partial charge in [-0.05, 0) is 80.9 Å². The van der Waals surface area contributed by atoms with Gasteiger partial charge in [0.05, 0.1) is 23.4 Å². The number of carbonyl (C=O) groups excluding carboxylic acids is 1.